The summed E-state index contributed by atoms with van der Waals surface area (Å²) in [6, 6.07) is 17.9. The topological polar surface area (TPSA) is 64.1 Å². The summed E-state index contributed by atoms with van der Waals surface area (Å²) < 4.78 is 16.9. The molecule has 0 bridgehead atoms. The number of morpholine rings is 2. The summed E-state index contributed by atoms with van der Waals surface area (Å²) in [5.41, 5.74) is 3.51. The number of aromatic nitrogens is 1. The number of pyridine rings is 1. The summed E-state index contributed by atoms with van der Waals surface area (Å²) in [6.45, 7) is 5.37. The first-order valence-corrected chi connectivity index (χ1v) is 11.4. The number of hydrogen-bond donors (Lipinski definition) is 0. The zero-order valence-electron chi connectivity index (χ0n) is 18.9. The number of ether oxygens (including phenoxy) is 3. The molecule has 3 heterocycles. The van der Waals surface area contributed by atoms with Crippen molar-refractivity contribution >= 4 is 16.8 Å². The second-order valence-corrected chi connectivity index (χ2v) is 8.46. The molecule has 2 aliphatic heterocycles. The van der Waals surface area contributed by atoms with Gasteiger partial charge in [0.05, 0.1) is 43.7 Å². The Labute approximate surface area is 193 Å². The van der Waals surface area contributed by atoms with Crippen molar-refractivity contribution < 1.29 is 19.0 Å². The van der Waals surface area contributed by atoms with E-state index < -0.39 is 0 Å². The molecule has 2 fully saturated rings. The Morgan fingerprint density at radius 3 is 2.76 bits per heavy atom. The van der Waals surface area contributed by atoms with Gasteiger partial charge in [0.15, 0.2) is 0 Å². The molecule has 5 rings (SSSR count). The van der Waals surface area contributed by atoms with Gasteiger partial charge in [-0.15, -0.1) is 0 Å². The van der Waals surface area contributed by atoms with Gasteiger partial charge in [-0.05, 0) is 29.8 Å². The quantitative estimate of drug-likeness (QED) is 0.598. The van der Waals surface area contributed by atoms with Crippen LogP contribution in [0.2, 0.25) is 0 Å². The maximum absolute atomic E-state index is 13.4. The number of para-hydroxylation sites is 1. The number of carbonyl (C=O) groups excluding carboxylic acids is 1. The van der Waals surface area contributed by atoms with Crippen LogP contribution < -0.4 is 4.74 Å². The van der Waals surface area contributed by atoms with Crippen molar-refractivity contribution in [3.8, 4) is 5.75 Å². The van der Waals surface area contributed by atoms with Crippen LogP contribution in [0, 0.1) is 0 Å². The number of carbonyl (C=O) groups is 1. The van der Waals surface area contributed by atoms with Gasteiger partial charge in [-0.3, -0.25) is 9.69 Å². The molecule has 2 aromatic carbocycles. The number of fused-ring (bicyclic) bond motifs is 1. The number of methoxy groups -OCH3 is 1. The van der Waals surface area contributed by atoms with Crippen molar-refractivity contribution in [3.63, 3.8) is 0 Å². The lowest BCUT2D eigenvalue weighted by molar-refractivity contribution is -0.0348. The summed E-state index contributed by atoms with van der Waals surface area (Å²) in [4.78, 5) is 22.5. The van der Waals surface area contributed by atoms with Gasteiger partial charge < -0.3 is 19.1 Å². The Hall–Kier alpha value is -3.00. The molecule has 0 radical (unpaired) electrons. The van der Waals surface area contributed by atoms with Crippen LogP contribution in [0.3, 0.4) is 0 Å². The van der Waals surface area contributed by atoms with Crippen molar-refractivity contribution in [2.24, 2.45) is 0 Å². The van der Waals surface area contributed by atoms with Crippen LogP contribution in [0.1, 0.15) is 27.7 Å². The molecular formula is C26H29N3O4. The average molecular weight is 448 g/mol. The van der Waals surface area contributed by atoms with Gasteiger partial charge in [0, 0.05) is 38.1 Å². The van der Waals surface area contributed by atoms with Gasteiger partial charge >= 0.3 is 0 Å². The summed E-state index contributed by atoms with van der Waals surface area (Å²) in [7, 11) is 1.69. The van der Waals surface area contributed by atoms with Crippen LogP contribution in [0.4, 0.5) is 0 Å². The predicted molar refractivity (Wildman–Crippen MR) is 125 cm³/mol. The fraction of sp³-hybridized carbons (Fsp3) is 0.385. The van der Waals surface area contributed by atoms with Gasteiger partial charge in [-0.1, -0.05) is 30.3 Å². The first-order valence-electron chi connectivity index (χ1n) is 11.4. The number of hydrogen-bond acceptors (Lipinski definition) is 6. The van der Waals surface area contributed by atoms with Gasteiger partial charge in [0.2, 0.25) is 0 Å². The minimum atomic E-state index is -0.190. The van der Waals surface area contributed by atoms with Crippen molar-refractivity contribution in [2.45, 2.75) is 12.6 Å². The summed E-state index contributed by atoms with van der Waals surface area (Å²) in [5, 5.41) is 0.877. The molecule has 7 heteroatoms. The lowest BCUT2D eigenvalue weighted by atomic mass is 10.0. The standard InChI is InChI=1S/C26H29N3O4/c1-31-20-6-4-5-19(15-20)17-28-9-14-33-25(18-28)24-16-22(21-7-2-3-8-23(21)27-24)26(30)29-10-12-32-13-11-29/h2-8,15-16,25H,9-14,17-18H2,1H3/t25-/m0/s1. The average Bonchev–Trinajstić information content (AvgIpc) is 2.88. The van der Waals surface area contributed by atoms with Crippen molar-refractivity contribution in [2.75, 3.05) is 53.1 Å². The van der Waals surface area contributed by atoms with E-state index in [-0.39, 0.29) is 12.0 Å². The van der Waals surface area contributed by atoms with Crippen LogP contribution in [0.5, 0.6) is 5.75 Å². The van der Waals surface area contributed by atoms with E-state index in [9.17, 15) is 4.79 Å². The van der Waals surface area contributed by atoms with Gasteiger partial charge in [0.25, 0.3) is 5.91 Å². The first-order chi connectivity index (χ1) is 16.2. The van der Waals surface area contributed by atoms with Crippen molar-refractivity contribution in [1.82, 2.24) is 14.8 Å². The van der Waals surface area contributed by atoms with E-state index in [1.54, 1.807) is 7.11 Å². The number of nitrogens with zero attached hydrogens (tertiary/aromatic N) is 3. The monoisotopic (exact) mass is 447 g/mol. The highest BCUT2D eigenvalue weighted by atomic mass is 16.5. The van der Waals surface area contributed by atoms with Crippen LogP contribution in [-0.2, 0) is 16.0 Å². The Morgan fingerprint density at radius 2 is 1.91 bits per heavy atom. The summed E-state index contributed by atoms with van der Waals surface area (Å²) in [6.07, 6.45) is -0.190. The molecule has 7 nitrogen and oxygen atoms in total. The Kier molecular flexibility index (Phi) is 6.53. The minimum Gasteiger partial charge on any atom is -0.497 e. The van der Waals surface area contributed by atoms with Crippen molar-refractivity contribution in [1.29, 1.82) is 0 Å². The maximum atomic E-state index is 13.4. The smallest absolute Gasteiger partial charge is 0.254 e. The van der Waals surface area contributed by atoms with Crippen molar-refractivity contribution in [3.05, 3.63) is 71.4 Å². The van der Waals surface area contributed by atoms with Crippen LogP contribution >= 0.6 is 0 Å². The third kappa shape index (κ3) is 4.85. The molecule has 1 atom stereocenters. The maximum Gasteiger partial charge on any atom is 0.254 e. The normalized spacial score (nSPS) is 19.5. The van der Waals surface area contributed by atoms with E-state index in [1.165, 1.54) is 5.56 Å². The lowest BCUT2D eigenvalue weighted by Crippen LogP contribution is -2.41. The van der Waals surface area contributed by atoms with Gasteiger partial charge in [-0.25, -0.2) is 4.98 Å². The largest absolute Gasteiger partial charge is 0.497 e. The molecule has 3 aromatic rings. The fourth-order valence-corrected chi connectivity index (χ4v) is 4.53. The molecule has 0 unspecified atom stereocenters. The fourth-order valence-electron chi connectivity index (χ4n) is 4.53. The second kappa shape index (κ2) is 9.87. The molecule has 0 aliphatic carbocycles. The van der Waals surface area contributed by atoms with Crippen LogP contribution in [-0.4, -0.2) is 73.8 Å². The van der Waals surface area contributed by atoms with Crippen LogP contribution in [0.15, 0.2) is 54.6 Å². The molecule has 2 aliphatic rings. The van der Waals surface area contributed by atoms with E-state index in [0.29, 0.717) is 45.0 Å². The Morgan fingerprint density at radius 1 is 1.06 bits per heavy atom. The molecular weight excluding hydrogens is 418 g/mol. The van der Waals surface area contributed by atoms with E-state index in [0.717, 1.165) is 35.4 Å². The van der Waals surface area contributed by atoms with Gasteiger partial charge in [0.1, 0.15) is 11.9 Å². The number of benzene rings is 2. The zero-order chi connectivity index (χ0) is 22.6. The lowest BCUT2D eigenvalue weighted by Gasteiger charge is -2.33. The molecule has 1 aromatic heterocycles. The number of amides is 1. The first kappa shape index (κ1) is 21.8. The van der Waals surface area contributed by atoms with E-state index in [4.69, 9.17) is 19.2 Å². The molecule has 0 spiro atoms. The van der Waals surface area contributed by atoms with E-state index in [1.807, 2.05) is 47.4 Å². The molecule has 1 amide bonds. The Balaban J connectivity index is 1.41. The van der Waals surface area contributed by atoms with E-state index in [2.05, 4.69) is 17.0 Å². The second-order valence-electron chi connectivity index (χ2n) is 8.46. The minimum absolute atomic E-state index is 0.0298. The highest BCUT2D eigenvalue weighted by molar-refractivity contribution is 6.06. The molecule has 0 saturated carbocycles. The predicted octanol–water partition coefficient (Wildman–Crippen LogP) is 3.29. The molecule has 172 valence electrons. The van der Waals surface area contributed by atoms with E-state index >= 15 is 0 Å². The van der Waals surface area contributed by atoms with Crippen LogP contribution in [0.25, 0.3) is 10.9 Å². The number of rotatable bonds is 5. The summed E-state index contributed by atoms with van der Waals surface area (Å²) >= 11 is 0. The third-order valence-corrected chi connectivity index (χ3v) is 6.29. The van der Waals surface area contributed by atoms with Gasteiger partial charge in [-0.2, -0.15) is 0 Å². The third-order valence-electron chi connectivity index (χ3n) is 6.29. The zero-order valence-corrected chi connectivity index (χ0v) is 18.9. The summed E-state index contributed by atoms with van der Waals surface area (Å²) in [5.74, 6) is 0.891. The highest BCUT2D eigenvalue weighted by Crippen LogP contribution is 2.28. The molecule has 2 saturated heterocycles. The molecule has 0 N–H and O–H groups in total. The SMILES string of the molecule is COc1cccc(CN2CCO[C@H](c3cc(C(=O)N4CCOCC4)c4ccccc4n3)C2)c1. The Bertz CT molecular complexity index is 1130. The highest BCUT2D eigenvalue weighted by Gasteiger charge is 2.27. The molecule has 33 heavy (non-hydrogen) atoms.